The van der Waals surface area contributed by atoms with Crippen molar-refractivity contribution < 1.29 is 0 Å². The molecule has 0 bridgehead atoms. The van der Waals surface area contributed by atoms with Crippen molar-refractivity contribution >= 4 is 0 Å². The molecule has 0 fully saturated rings. The maximum Gasteiger partial charge on any atom is 0.0669 e. The lowest BCUT2D eigenvalue weighted by Gasteiger charge is -2.08. The van der Waals surface area contributed by atoms with Crippen LogP contribution in [0.3, 0.4) is 0 Å². The van der Waals surface area contributed by atoms with E-state index in [9.17, 15) is 0 Å². The zero-order valence-electron chi connectivity index (χ0n) is 12.1. The van der Waals surface area contributed by atoms with Gasteiger partial charge in [0.1, 0.15) is 0 Å². The summed E-state index contributed by atoms with van der Waals surface area (Å²) in [4.78, 5) is 0. The van der Waals surface area contributed by atoms with Crippen molar-refractivity contribution in [3.63, 3.8) is 0 Å². The molecule has 3 nitrogen and oxygen atoms in total. The smallest absolute Gasteiger partial charge is 0.0669 e. The van der Waals surface area contributed by atoms with E-state index in [0.29, 0.717) is 0 Å². The highest BCUT2D eigenvalue weighted by Crippen LogP contribution is 2.17. The molecule has 1 aromatic carbocycles. The molecule has 0 aliphatic carbocycles. The maximum absolute atomic E-state index is 4.79. The van der Waals surface area contributed by atoms with Gasteiger partial charge in [-0.05, 0) is 25.5 Å². The number of aryl methyl sites for hydroxylation is 1. The van der Waals surface area contributed by atoms with Crippen molar-refractivity contribution in [3.8, 4) is 0 Å². The predicted octanol–water partition coefficient (Wildman–Crippen LogP) is 2.78. The lowest BCUT2D eigenvalue weighted by molar-refractivity contribution is 0.638. The first-order chi connectivity index (χ1) is 9.30. The standard InChI is InChI=1S/C16H23N3/c1-4-15-14(11-17-3)16(5-2)19(18-15)12-13-9-7-6-8-10-13/h6-10,17H,4-5,11-12H2,1-3H3. The Morgan fingerprint density at radius 2 is 1.84 bits per heavy atom. The second-order valence-electron chi connectivity index (χ2n) is 4.75. The van der Waals surface area contributed by atoms with Crippen molar-refractivity contribution in [2.45, 2.75) is 39.8 Å². The average molecular weight is 257 g/mol. The summed E-state index contributed by atoms with van der Waals surface area (Å²) in [5.41, 5.74) is 5.26. The van der Waals surface area contributed by atoms with E-state index >= 15 is 0 Å². The van der Waals surface area contributed by atoms with Crippen molar-refractivity contribution in [2.24, 2.45) is 0 Å². The first-order valence-electron chi connectivity index (χ1n) is 7.06. The average Bonchev–Trinajstić information content (AvgIpc) is 2.77. The molecular formula is C16H23N3. The van der Waals surface area contributed by atoms with E-state index in [1.807, 2.05) is 7.05 Å². The van der Waals surface area contributed by atoms with Crippen LogP contribution in [0.1, 0.15) is 36.4 Å². The summed E-state index contributed by atoms with van der Waals surface area (Å²) in [6.07, 6.45) is 2.02. The summed E-state index contributed by atoms with van der Waals surface area (Å²) in [6, 6.07) is 10.5. The van der Waals surface area contributed by atoms with E-state index in [1.54, 1.807) is 0 Å². The van der Waals surface area contributed by atoms with Crippen LogP contribution in [-0.4, -0.2) is 16.8 Å². The zero-order valence-corrected chi connectivity index (χ0v) is 12.1. The van der Waals surface area contributed by atoms with Crippen LogP contribution in [0.2, 0.25) is 0 Å². The number of aromatic nitrogens is 2. The van der Waals surface area contributed by atoms with Crippen molar-refractivity contribution in [1.82, 2.24) is 15.1 Å². The largest absolute Gasteiger partial charge is 0.316 e. The van der Waals surface area contributed by atoms with Crippen LogP contribution in [0.25, 0.3) is 0 Å². The van der Waals surface area contributed by atoms with Crippen LogP contribution < -0.4 is 5.32 Å². The molecule has 0 spiro atoms. The van der Waals surface area contributed by atoms with Gasteiger partial charge < -0.3 is 5.32 Å². The molecule has 0 aliphatic heterocycles. The minimum absolute atomic E-state index is 0.862. The van der Waals surface area contributed by atoms with Gasteiger partial charge >= 0.3 is 0 Å². The number of rotatable bonds is 6. The normalized spacial score (nSPS) is 10.9. The molecule has 1 aromatic heterocycles. The molecule has 0 saturated heterocycles. The Morgan fingerprint density at radius 1 is 1.11 bits per heavy atom. The van der Waals surface area contributed by atoms with Crippen LogP contribution in [0.4, 0.5) is 0 Å². The summed E-state index contributed by atoms with van der Waals surface area (Å²) >= 11 is 0. The van der Waals surface area contributed by atoms with Gasteiger partial charge in [0, 0.05) is 17.8 Å². The summed E-state index contributed by atoms with van der Waals surface area (Å²) in [5.74, 6) is 0. The second-order valence-corrected chi connectivity index (χ2v) is 4.75. The fourth-order valence-electron chi connectivity index (χ4n) is 2.54. The minimum atomic E-state index is 0.862. The van der Waals surface area contributed by atoms with Crippen LogP contribution >= 0.6 is 0 Å². The van der Waals surface area contributed by atoms with Crippen molar-refractivity contribution in [3.05, 3.63) is 52.8 Å². The molecular weight excluding hydrogens is 234 g/mol. The van der Waals surface area contributed by atoms with E-state index < -0.39 is 0 Å². The van der Waals surface area contributed by atoms with E-state index in [4.69, 9.17) is 5.10 Å². The molecule has 19 heavy (non-hydrogen) atoms. The quantitative estimate of drug-likeness (QED) is 0.862. The van der Waals surface area contributed by atoms with Crippen molar-refractivity contribution in [1.29, 1.82) is 0 Å². The van der Waals surface area contributed by atoms with E-state index in [2.05, 4.69) is 54.2 Å². The molecule has 2 rings (SSSR count). The highest BCUT2D eigenvalue weighted by Gasteiger charge is 2.14. The first-order valence-corrected chi connectivity index (χ1v) is 7.06. The molecule has 0 amide bonds. The van der Waals surface area contributed by atoms with Gasteiger partial charge in [-0.2, -0.15) is 5.10 Å². The lowest BCUT2D eigenvalue weighted by atomic mass is 10.1. The summed E-state index contributed by atoms with van der Waals surface area (Å²) in [7, 11) is 1.99. The van der Waals surface area contributed by atoms with E-state index in [-0.39, 0.29) is 0 Å². The maximum atomic E-state index is 4.79. The fraction of sp³-hybridized carbons (Fsp3) is 0.438. The van der Waals surface area contributed by atoms with Gasteiger partial charge in [0.05, 0.1) is 12.2 Å². The number of benzene rings is 1. The first kappa shape index (κ1) is 13.8. The molecule has 3 heteroatoms. The Balaban J connectivity index is 2.34. The molecule has 0 atom stereocenters. The third-order valence-corrected chi connectivity index (χ3v) is 3.45. The molecule has 2 aromatic rings. The van der Waals surface area contributed by atoms with Gasteiger partial charge in [-0.1, -0.05) is 44.2 Å². The molecule has 0 unspecified atom stereocenters. The van der Waals surface area contributed by atoms with Crippen LogP contribution in [-0.2, 0) is 25.9 Å². The van der Waals surface area contributed by atoms with Crippen LogP contribution in [0.15, 0.2) is 30.3 Å². The molecule has 1 heterocycles. The van der Waals surface area contributed by atoms with Gasteiger partial charge in [0.15, 0.2) is 0 Å². The van der Waals surface area contributed by atoms with E-state index in [1.165, 1.54) is 22.5 Å². The predicted molar refractivity (Wildman–Crippen MR) is 79.3 cm³/mol. The summed E-state index contributed by atoms with van der Waals surface area (Å²) in [5, 5.41) is 8.05. The third-order valence-electron chi connectivity index (χ3n) is 3.45. The monoisotopic (exact) mass is 257 g/mol. The highest BCUT2D eigenvalue weighted by molar-refractivity contribution is 5.28. The van der Waals surface area contributed by atoms with Gasteiger partial charge in [0.2, 0.25) is 0 Å². The van der Waals surface area contributed by atoms with Crippen LogP contribution in [0, 0.1) is 0 Å². The number of hydrogen-bond donors (Lipinski definition) is 1. The number of nitrogens with one attached hydrogen (secondary N) is 1. The third kappa shape index (κ3) is 3.04. The highest BCUT2D eigenvalue weighted by atomic mass is 15.3. The molecule has 1 N–H and O–H groups in total. The fourth-order valence-corrected chi connectivity index (χ4v) is 2.54. The summed E-state index contributed by atoms with van der Waals surface area (Å²) in [6.45, 7) is 6.15. The van der Waals surface area contributed by atoms with Gasteiger partial charge in [-0.3, -0.25) is 4.68 Å². The lowest BCUT2D eigenvalue weighted by Crippen LogP contribution is -2.10. The van der Waals surface area contributed by atoms with Crippen LogP contribution in [0.5, 0.6) is 0 Å². The molecule has 0 radical (unpaired) electrons. The minimum Gasteiger partial charge on any atom is -0.316 e. The molecule has 0 saturated carbocycles. The number of hydrogen-bond acceptors (Lipinski definition) is 2. The Labute approximate surface area is 115 Å². The zero-order chi connectivity index (χ0) is 13.7. The van der Waals surface area contributed by atoms with Gasteiger partial charge in [0.25, 0.3) is 0 Å². The Bertz CT molecular complexity index is 514. The number of nitrogens with zero attached hydrogens (tertiary/aromatic N) is 2. The van der Waals surface area contributed by atoms with Gasteiger partial charge in [-0.15, -0.1) is 0 Å². The molecule has 0 aliphatic rings. The van der Waals surface area contributed by atoms with E-state index in [0.717, 1.165) is 25.9 Å². The van der Waals surface area contributed by atoms with Crippen molar-refractivity contribution in [2.75, 3.05) is 7.05 Å². The second kappa shape index (κ2) is 6.53. The Morgan fingerprint density at radius 3 is 2.42 bits per heavy atom. The Kier molecular flexibility index (Phi) is 4.74. The Hall–Kier alpha value is -1.61. The topological polar surface area (TPSA) is 29.9 Å². The molecule has 102 valence electrons. The SMILES string of the molecule is CCc1nn(Cc2ccccc2)c(CC)c1CNC. The summed E-state index contributed by atoms with van der Waals surface area (Å²) < 4.78 is 2.17. The van der Waals surface area contributed by atoms with Gasteiger partial charge in [-0.25, -0.2) is 0 Å².